The van der Waals surface area contributed by atoms with Crippen molar-refractivity contribution in [3.8, 4) is 0 Å². The van der Waals surface area contributed by atoms with E-state index in [0.29, 0.717) is 12.0 Å². The van der Waals surface area contributed by atoms with Crippen molar-refractivity contribution in [3.63, 3.8) is 0 Å². The summed E-state index contributed by atoms with van der Waals surface area (Å²) in [6.07, 6.45) is -13.2. The molecule has 0 N–H and O–H groups in total. The fraction of sp³-hybridized carbons (Fsp3) is 0.730. The smallest absolute Gasteiger partial charge is 0.458 e. The summed E-state index contributed by atoms with van der Waals surface area (Å²) in [6, 6.07) is 17.6. The third kappa shape index (κ3) is 14.7. The summed E-state index contributed by atoms with van der Waals surface area (Å²) in [4.78, 5) is 73.9. The van der Waals surface area contributed by atoms with Crippen LogP contribution in [0.2, 0.25) is 0 Å². The third-order valence-corrected chi connectivity index (χ3v) is 18.1. The van der Waals surface area contributed by atoms with Crippen molar-refractivity contribution < 1.29 is 90.3 Å². The number of carbonyl (C=O) groups excluding carboxylic acids is 5. The molecular weight excluding hydrogens is 1090 g/mol. The number of esters is 3. The molecule has 7 rings (SSSR count). The Balaban J connectivity index is 1.27. The van der Waals surface area contributed by atoms with E-state index in [0.717, 1.165) is 5.56 Å². The van der Waals surface area contributed by atoms with Gasteiger partial charge >= 0.3 is 24.1 Å². The van der Waals surface area contributed by atoms with Crippen molar-refractivity contribution in [2.75, 3.05) is 42.4 Å². The van der Waals surface area contributed by atoms with Crippen LogP contribution >= 0.6 is 0 Å². The first-order chi connectivity index (χ1) is 39.6. The van der Waals surface area contributed by atoms with Gasteiger partial charge < -0.3 is 76.1 Å². The third-order valence-electron chi connectivity index (χ3n) is 18.1. The molecule has 21 heteroatoms. The van der Waals surface area contributed by atoms with Gasteiger partial charge in [-0.1, -0.05) is 76.2 Å². The molecule has 470 valence electrons. The lowest BCUT2D eigenvalue weighted by molar-refractivity contribution is -0.356. The van der Waals surface area contributed by atoms with E-state index in [1.165, 1.54) is 14.0 Å². The van der Waals surface area contributed by atoms with E-state index in [9.17, 15) is 19.2 Å². The molecule has 5 saturated heterocycles. The van der Waals surface area contributed by atoms with Gasteiger partial charge in [-0.25, -0.2) is 9.59 Å². The van der Waals surface area contributed by atoms with Crippen molar-refractivity contribution in [1.82, 2.24) is 9.80 Å². The zero-order chi connectivity index (χ0) is 61.7. The molecule has 0 saturated carbocycles. The van der Waals surface area contributed by atoms with Crippen molar-refractivity contribution in [1.29, 1.82) is 0 Å². The summed E-state index contributed by atoms with van der Waals surface area (Å²) in [6.45, 7) is 21.3. The zero-order valence-electron chi connectivity index (χ0n) is 52.5. The highest BCUT2D eigenvalue weighted by Gasteiger charge is 2.61. The maximum absolute atomic E-state index is 15.1. The minimum atomic E-state index is -1.55. The molecule has 21 nitrogen and oxygen atoms in total. The first-order valence-electron chi connectivity index (χ1n) is 29.7. The second-order valence-electron chi connectivity index (χ2n) is 24.9. The van der Waals surface area contributed by atoms with E-state index < -0.39 is 150 Å². The van der Waals surface area contributed by atoms with Crippen molar-refractivity contribution in [2.45, 2.75) is 230 Å². The van der Waals surface area contributed by atoms with Gasteiger partial charge in [0.15, 0.2) is 42.8 Å². The summed E-state index contributed by atoms with van der Waals surface area (Å²) >= 11 is 0. The fourth-order valence-corrected chi connectivity index (χ4v) is 13.5. The molecule has 5 fully saturated rings. The first-order valence-corrected chi connectivity index (χ1v) is 29.7. The summed E-state index contributed by atoms with van der Waals surface area (Å²) < 4.78 is 91.8. The predicted molar refractivity (Wildman–Crippen MR) is 305 cm³/mol. The Labute approximate surface area is 496 Å². The first kappa shape index (κ1) is 66.9. The number of methoxy groups -OCH3 is 2. The van der Waals surface area contributed by atoms with Crippen LogP contribution in [0.3, 0.4) is 0 Å². The molecule has 0 unspecified atom stereocenters. The maximum Gasteiger partial charge on any atom is 0.509 e. The van der Waals surface area contributed by atoms with Crippen LogP contribution in [0.1, 0.15) is 125 Å². The number of fused-ring (bicyclic) bond motifs is 1. The number of rotatable bonds is 17. The van der Waals surface area contributed by atoms with Gasteiger partial charge in [-0.2, -0.15) is 0 Å². The minimum Gasteiger partial charge on any atom is -0.458 e. The van der Waals surface area contributed by atoms with Crippen LogP contribution in [0.4, 0.5) is 4.79 Å². The van der Waals surface area contributed by atoms with Gasteiger partial charge in [0.05, 0.1) is 77.8 Å². The van der Waals surface area contributed by atoms with Crippen LogP contribution in [0.25, 0.3) is 0 Å². The lowest BCUT2D eigenvalue weighted by Crippen LogP contribution is -2.67. The van der Waals surface area contributed by atoms with E-state index in [1.807, 2.05) is 116 Å². The average molecular weight is 1180 g/mol. The molecule has 0 aromatic heterocycles. The normalized spacial score (nSPS) is 40.7. The van der Waals surface area contributed by atoms with Gasteiger partial charge in [0, 0.05) is 39.4 Å². The number of likely N-dealkylation sites (N-methyl/N-ethyl adjacent to an activating group) is 2. The van der Waals surface area contributed by atoms with Gasteiger partial charge in [0.25, 0.3) is 0 Å². The molecule has 0 bridgehead atoms. The fourth-order valence-electron chi connectivity index (χ4n) is 13.5. The summed E-state index contributed by atoms with van der Waals surface area (Å²) in [7, 11) is 10.6. The Bertz CT molecular complexity index is 2520. The molecule has 2 aromatic rings. The SMILES string of the molecule is CC[C@H]1OC(=O)[C@H](C)[C@@H](O[C@H]2C[C@@](C)(OC)[C@@H](O[C@@H]3O[C@H](C)[C@@H](OCc4ccccc4)[C@H](N(C)C)[C@H]3OC(=O)c3ccccc3)[C@H](C)O2)[C@H](C)[C@@H](O[C@@H]2O[C@H](C)C[C@H](N(C)C)[C@H]2OC(C)=O)[C@@](C)(OC)C[C@@H](C)C(=O)[C@H](C)[C@H]2OC(=O)O[C@@]21C. The van der Waals surface area contributed by atoms with Crippen LogP contribution in [-0.4, -0.2) is 197 Å². The number of hydrogen-bond acceptors (Lipinski definition) is 21. The highest BCUT2D eigenvalue weighted by atomic mass is 16.8. The molecule has 84 heavy (non-hydrogen) atoms. The monoisotopic (exact) mass is 1180 g/mol. The topological polar surface area (TPSA) is 221 Å². The van der Waals surface area contributed by atoms with Gasteiger partial charge in [-0.05, 0) is 114 Å². The molecule has 5 heterocycles. The molecule has 2 aromatic carbocycles. The molecule has 5 aliphatic heterocycles. The van der Waals surface area contributed by atoms with Crippen molar-refractivity contribution in [3.05, 3.63) is 71.8 Å². The average Bonchev–Trinajstić information content (AvgIpc) is 1.65. The molecule has 23 atom stereocenters. The number of carbonyl (C=O) groups is 5. The molecular formula is C63H94N2O19. The van der Waals surface area contributed by atoms with Crippen molar-refractivity contribution >= 4 is 29.8 Å². The molecule has 0 spiro atoms. The Morgan fingerprint density at radius 2 is 1.27 bits per heavy atom. The van der Waals surface area contributed by atoms with Gasteiger partial charge in [0.1, 0.15) is 24.1 Å². The lowest BCUT2D eigenvalue weighted by atomic mass is 9.74. The van der Waals surface area contributed by atoms with Crippen LogP contribution in [0.15, 0.2) is 60.7 Å². The zero-order valence-corrected chi connectivity index (χ0v) is 52.5. The number of ether oxygens (including phenoxy) is 14. The Hall–Kier alpha value is -4.65. The second kappa shape index (κ2) is 28.0. The van der Waals surface area contributed by atoms with E-state index in [2.05, 4.69) is 0 Å². The number of ketones is 1. The Morgan fingerprint density at radius 1 is 0.667 bits per heavy atom. The lowest BCUT2D eigenvalue weighted by Gasteiger charge is -2.52. The molecule has 0 amide bonds. The van der Waals surface area contributed by atoms with Crippen LogP contribution in [0.5, 0.6) is 0 Å². The summed E-state index contributed by atoms with van der Waals surface area (Å²) in [5, 5.41) is 0. The highest BCUT2D eigenvalue weighted by Crippen LogP contribution is 2.45. The molecule has 0 radical (unpaired) electrons. The van der Waals surface area contributed by atoms with E-state index in [1.54, 1.807) is 66.0 Å². The number of Topliss-reactive ketones (excluding diaryl/α,β-unsaturated/α-hetero) is 1. The predicted octanol–water partition coefficient (Wildman–Crippen LogP) is 7.70. The maximum atomic E-state index is 15.1. The quantitative estimate of drug-likeness (QED) is 0.109. The highest BCUT2D eigenvalue weighted by molar-refractivity contribution is 5.89. The standard InChI is InChI=1S/C63H94N2O19/c1-19-45-63(12)54(83-60(70)84-63)36(4)48(67)34(2)31-61(10,71-17)53(81-58-51(77-41(9)66)44(64(13)14)30-35(3)74-58)37(5)49(38(6)56(68)78-45)79-46-32-62(11,72-18)55(40(8)75-46)82-59-52(80-57(69)43-28-24-21-25-29-43)47(65(15)16)50(39(7)76-59)73-33-42-26-22-20-23-27-42/h20-29,34-40,44-47,49-55,58-59H,19,30-33H2,1-18H3/t34-,35-,36+,37+,38-,39-,40+,44+,45-,46+,47+,49+,50-,51-,52-,53-,54-,55+,58+,59+,61+,62-,63-/m1/s1. The van der Waals surface area contributed by atoms with Gasteiger partial charge in [-0.15, -0.1) is 0 Å². The van der Waals surface area contributed by atoms with E-state index >= 15 is 4.79 Å². The second-order valence-corrected chi connectivity index (χ2v) is 24.9. The Kier molecular flexibility index (Phi) is 22.3. The van der Waals surface area contributed by atoms with Gasteiger partial charge in [-0.3, -0.25) is 14.4 Å². The van der Waals surface area contributed by atoms with Crippen molar-refractivity contribution in [2.24, 2.45) is 23.7 Å². The van der Waals surface area contributed by atoms with E-state index in [-0.39, 0.29) is 43.8 Å². The number of benzene rings is 2. The molecule has 0 aliphatic carbocycles. The molecule has 5 aliphatic rings. The summed E-state index contributed by atoms with van der Waals surface area (Å²) in [5.74, 6) is -5.67. The largest absolute Gasteiger partial charge is 0.509 e. The number of hydrogen-bond donors (Lipinski definition) is 0. The Morgan fingerprint density at radius 3 is 1.87 bits per heavy atom. The van der Waals surface area contributed by atoms with Crippen LogP contribution in [-0.2, 0) is 87.3 Å². The van der Waals surface area contributed by atoms with Crippen LogP contribution in [0, 0.1) is 23.7 Å². The number of cyclic esters (lactones) is 1. The summed E-state index contributed by atoms with van der Waals surface area (Å²) in [5.41, 5.74) is -2.83. The minimum absolute atomic E-state index is 0.0313. The van der Waals surface area contributed by atoms with E-state index in [4.69, 9.17) is 66.3 Å². The van der Waals surface area contributed by atoms with Crippen LogP contribution < -0.4 is 0 Å². The number of nitrogens with zero attached hydrogens (tertiary/aromatic N) is 2. The van der Waals surface area contributed by atoms with Gasteiger partial charge in [0.2, 0.25) is 0 Å².